The van der Waals surface area contributed by atoms with Crippen molar-refractivity contribution >= 4 is 39.8 Å². The molecule has 2 aliphatic heterocycles. The van der Waals surface area contributed by atoms with E-state index < -0.39 is 0 Å². The predicted octanol–water partition coefficient (Wildman–Crippen LogP) is 4.13. The highest BCUT2D eigenvalue weighted by Crippen LogP contribution is 2.27. The number of nitrogens with zero attached hydrogens (tertiary/aromatic N) is 6. The summed E-state index contributed by atoms with van der Waals surface area (Å²) in [6, 6.07) is 7.92. The number of rotatable bonds is 8. The summed E-state index contributed by atoms with van der Waals surface area (Å²) in [7, 11) is 0. The monoisotopic (exact) mass is 594 g/mol. The third kappa shape index (κ3) is 5.65. The molecule has 1 aromatic carbocycles. The van der Waals surface area contributed by atoms with E-state index in [-0.39, 0.29) is 29.4 Å². The van der Waals surface area contributed by atoms with Crippen molar-refractivity contribution in [1.29, 1.82) is 0 Å². The molecule has 0 amide bonds. The normalized spacial score (nSPS) is 17.7. The maximum absolute atomic E-state index is 14.1. The average Bonchev–Trinajstić information content (AvgIpc) is 3.75. The van der Waals surface area contributed by atoms with E-state index in [0.29, 0.717) is 43.0 Å². The fourth-order valence-corrected chi connectivity index (χ4v) is 6.57. The van der Waals surface area contributed by atoms with E-state index in [1.54, 1.807) is 23.0 Å². The van der Waals surface area contributed by atoms with Crippen molar-refractivity contribution in [2.75, 3.05) is 49.6 Å². The number of pyridine rings is 1. The molecule has 2 fully saturated rings. The topological polar surface area (TPSA) is 119 Å². The van der Waals surface area contributed by atoms with Crippen LogP contribution in [0, 0.1) is 12.8 Å². The summed E-state index contributed by atoms with van der Waals surface area (Å²) in [6.45, 7) is 7.26. The van der Waals surface area contributed by atoms with Crippen molar-refractivity contribution in [3.05, 3.63) is 76.2 Å². The lowest BCUT2D eigenvalue weighted by atomic mass is 9.91. The number of piperazine rings is 1. The zero-order chi connectivity index (χ0) is 30.0. The third-order valence-corrected chi connectivity index (χ3v) is 8.94. The first-order valence-electron chi connectivity index (χ1n) is 15.6. The second kappa shape index (κ2) is 12.3. The van der Waals surface area contributed by atoms with Crippen LogP contribution < -0.4 is 21.1 Å². The number of hydrogen-bond acceptors (Lipinski definition) is 9. The summed E-state index contributed by atoms with van der Waals surface area (Å²) in [5.41, 5.74) is 4.71. The maximum atomic E-state index is 14.1. The Kier molecular flexibility index (Phi) is 7.97. The van der Waals surface area contributed by atoms with E-state index in [0.717, 1.165) is 57.0 Å². The smallest absolute Gasteiger partial charge is 0.263 e. The van der Waals surface area contributed by atoms with Gasteiger partial charge in [0.2, 0.25) is 5.95 Å². The van der Waals surface area contributed by atoms with Gasteiger partial charge in [0.15, 0.2) is 5.78 Å². The second-order valence-corrected chi connectivity index (χ2v) is 11.8. The van der Waals surface area contributed by atoms with E-state index >= 15 is 0 Å². The van der Waals surface area contributed by atoms with Crippen molar-refractivity contribution in [3.63, 3.8) is 0 Å². The van der Waals surface area contributed by atoms with Crippen LogP contribution in [0.1, 0.15) is 53.8 Å². The predicted molar refractivity (Wildman–Crippen MR) is 171 cm³/mol. The number of allylic oxidation sites excluding steroid dienone is 2. The van der Waals surface area contributed by atoms with Crippen molar-refractivity contribution in [2.24, 2.45) is 5.92 Å². The molecule has 4 aromatic rings. The Morgan fingerprint density at radius 2 is 1.98 bits per heavy atom. The molecule has 11 nitrogen and oxygen atoms in total. The molecule has 44 heavy (non-hydrogen) atoms. The molecule has 11 heteroatoms. The molecule has 2 saturated heterocycles. The maximum Gasteiger partial charge on any atom is 0.263 e. The number of fused-ring (bicyclic) bond motifs is 1. The van der Waals surface area contributed by atoms with Crippen LogP contribution in [0.3, 0.4) is 0 Å². The van der Waals surface area contributed by atoms with Crippen molar-refractivity contribution in [3.8, 4) is 0 Å². The SMILES string of the molecule is Cc1cc(Nc2ncc3cc(C(=O)C4CCOCC4)c(=O)n(Cc4nccn4C4=CCCC4)c3n2)ccc1N1CCNCC1. The van der Waals surface area contributed by atoms with Crippen LogP contribution in [-0.2, 0) is 11.3 Å². The van der Waals surface area contributed by atoms with E-state index in [1.807, 2.05) is 12.3 Å². The fraction of sp³-hybridized carbons (Fsp3) is 0.424. The number of carbonyl (C=O) groups is 1. The molecule has 0 radical (unpaired) electrons. The molecular formula is C33H38N8O3. The van der Waals surface area contributed by atoms with Gasteiger partial charge in [-0.05, 0) is 68.9 Å². The van der Waals surface area contributed by atoms with E-state index in [1.165, 1.54) is 16.9 Å². The number of ether oxygens (including phenoxy) is 1. The number of carbonyl (C=O) groups excluding carboxylic acids is 1. The molecule has 228 valence electrons. The number of aryl methyl sites for hydroxylation is 1. The standard InChI is InChI=1S/C33H38N8O3/c1-22-18-25(6-7-28(22)39-13-10-34-11-14-39)37-33-36-20-24-19-27(30(42)23-8-16-44-17-9-23)32(43)41(31(24)38-33)21-29-35-12-15-40(29)26-4-2-3-5-26/h4,6-7,12,15,18-20,23,34H,2-3,5,8-11,13-14,16-17,21H2,1H3,(H,36,37,38). The first kappa shape index (κ1) is 28.4. The second-order valence-electron chi connectivity index (χ2n) is 11.8. The van der Waals surface area contributed by atoms with Crippen LogP contribution >= 0.6 is 0 Å². The van der Waals surface area contributed by atoms with Gasteiger partial charge in [-0.1, -0.05) is 6.08 Å². The van der Waals surface area contributed by atoms with Gasteiger partial charge in [0.25, 0.3) is 5.56 Å². The van der Waals surface area contributed by atoms with Gasteiger partial charge >= 0.3 is 0 Å². The molecule has 0 atom stereocenters. The lowest BCUT2D eigenvalue weighted by Crippen LogP contribution is -2.43. The van der Waals surface area contributed by atoms with Gasteiger partial charge in [-0.15, -0.1) is 0 Å². The molecule has 3 aliphatic rings. The molecular weight excluding hydrogens is 556 g/mol. The minimum atomic E-state index is -0.357. The Hall–Kier alpha value is -4.35. The van der Waals surface area contributed by atoms with Crippen LogP contribution in [0.2, 0.25) is 0 Å². The van der Waals surface area contributed by atoms with Crippen molar-refractivity contribution < 1.29 is 9.53 Å². The molecule has 7 rings (SSSR count). The quantitative estimate of drug-likeness (QED) is 0.290. The molecule has 0 saturated carbocycles. The zero-order valence-electron chi connectivity index (χ0n) is 25.1. The van der Waals surface area contributed by atoms with Gasteiger partial charge in [0.1, 0.15) is 11.5 Å². The minimum Gasteiger partial charge on any atom is -0.381 e. The molecule has 0 unspecified atom stereocenters. The van der Waals surface area contributed by atoms with Crippen LogP contribution in [-0.4, -0.2) is 69.3 Å². The Morgan fingerprint density at radius 1 is 1.14 bits per heavy atom. The minimum absolute atomic E-state index is 0.141. The lowest BCUT2D eigenvalue weighted by Gasteiger charge is -2.30. The molecule has 0 spiro atoms. The van der Waals surface area contributed by atoms with Gasteiger partial charge in [0, 0.05) is 86.4 Å². The van der Waals surface area contributed by atoms with Gasteiger partial charge in [-0.25, -0.2) is 9.97 Å². The Bertz CT molecular complexity index is 1780. The highest BCUT2D eigenvalue weighted by atomic mass is 16.5. The highest BCUT2D eigenvalue weighted by Gasteiger charge is 2.27. The highest BCUT2D eigenvalue weighted by molar-refractivity contribution is 6.00. The first-order chi connectivity index (χ1) is 21.5. The van der Waals surface area contributed by atoms with Crippen LogP contribution in [0.4, 0.5) is 17.3 Å². The van der Waals surface area contributed by atoms with Crippen LogP contribution in [0.25, 0.3) is 16.7 Å². The number of hydrogen-bond donors (Lipinski definition) is 2. The largest absolute Gasteiger partial charge is 0.381 e. The summed E-state index contributed by atoms with van der Waals surface area (Å²) in [5.74, 6) is 0.732. The lowest BCUT2D eigenvalue weighted by molar-refractivity contribution is 0.0543. The van der Waals surface area contributed by atoms with Crippen LogP contribution in [0.15, 0.2) is 53.7 Å². The number of anilines is 3. The van der Waals surface area contributed by atoms with Gasteiger partial charge in [0.05, 0.1) is 12.1 Å². The van der Waals surface area contributed by atoms with E-state index in [2.05, 4.69) is 55.2 Å². The number of benzene rings is 1. The Labute approximate surface area is 256 Å². The average molecular weight is 595 g/mol. The zero-order valence-corrected chi connectivity index (χ0v) is 25.1. The van der Waals surface area contributed by atoms with Crippen molar-refractivity contribution in [1.82, 2.24) is 29.4 Å². The molecule has 3 aromatic heterocycles. The van der Waals surface area contributed by atoms with Crippen LogP contribution in [0.5, 0.6) is 0 Å². The summed E-state index contributed by atoms with van der Waals surface area (Å²) < 4.78 is 9.11. The summed E-state index contributed by atoms with van der Waals surface area (Å²) >= 11 is 0. The molecule has 5 heterocycles. The summed E-state index contributed by atoms with van der Waals surface area (Å²) in [5, 5.41) is 7.37. The third-order valence-electron chi connectivity index (χ3n) is 8.94. The Balaban J connectivity index is 1.26. The number of aromatic nitrogens is 5. The van der Waals surface area contributed by atoms with Crippen molar-refractivity contribution in [2.45, 2.75) is 45.6 Å². The summed E-state index contributed by atoms with van der Waals surface area (Å²) in [4.78, 5) is 44.1. The molecule has 1 aliphatic carbocycles. The van der Waals surface area contributed by atoms with Gasteiger partial charge in [-0.3, -0.25) is 14.2 Å². The summed E-state index contributed by atoms with van der Waals surface area (Å²) in [6.07, 6.45) is 11.9. The number of imidazole rings is 1. The number of ketones is 1. The molecule has 0 bridgehead atoms. The van der Waals surface area contributed by atoms with E-state index in [4.69, 9.17) is 9.72 Å². The van der Waals surface area contributed by atoms with E-state index in [9.17, 15) is 9.59 Å². The first-order valence-corrected chi connectivity index (χ1v) is 15.6. The molecule has 2 N–H and O–H groups in total. The number of nitrogens with one attached hydrogen (secondary N) is 2. The van der Waals surface area contributed by atoms with Gasteiger partial charge < -0.3 is 24.8 Å². The van der Waals surface area contributed by atoms with Gasteiger partial charge in [-0.2, -0.15) is 4.98 Å². The Morgan fingerprint density at radius 3 is 2.75 bits per heavy atom. The fourth-order valence-electron chi connectivity index (χ4n) is 6.57. The number of Topliss-reactive ketones (excluding diaryl/α,β-unsaturated/α-hetero) is 1.